The topological polar surface area (TPSA) is 60.8 Å². The fourth-order valence-electron chi connectivity index (χ4n) is 8.06. The molecule has 2 fully saturated rings. The number of alkyl halides is 1. The molecule has 2 saturated carbocycles. The lowest BCUT2D eigenvalue weighted by Crippen LogP contribution is -2.51. The number of phenols is 1. The van der Waals surface area contributed by atoms with E-state index in [9.17, 15) is 15.0 Å². The molecule has 37 heavy (non-hydrogen) atoms. The molecule has 5 rings (SSSR count). The van der Waals surface area contributed by atoms with E-state index >= 15 is 4.39 Å². The van der Waals surface area contributed by atoms with Gasteiger partial charge in [0.1, 0.15) is 11.9 Å². The summed E-state index contributed by atoms with van der Waals surface area (Å²) < 4.78 is 15.9. The zero-order valence-corrected chi connectivity index (χ0v) is 22.3. The Bertz CT molecular complexity index is 1090. The van der Waals surface area contributed by atoms with Gasteiger partial charge in [-0.15, -0.1) is 0 Å². The van der Waals surface area contributed by atoms with Crippen LogP contribution in [0.3, 0.4) is 0 Å². The van der Waals surface area contributed by atoms with Crippen LogP contribution in [-0.2, 0) is 17.8 Å². The minimum Gasteiger partial charge on any atom is -0.508 e. The van der Waals surface area contributed by atoms with Gasteiger partial charge < -0.3 is 15.1 Å². The van der Waals surface area contributed by atoms with E-state index in [0.29, 0.717) is 31.2 Å². The third-order valence-electron chi connectivity index (χ3n) is 9.90. The Hall–Kier alpha value is -2.40. The number of carbonyl (C=O) groups excluding carboxylic acids is 1. The van der Waals surface area contributed by atoms with Gasteiger partial charge in [0, 0.05) is 25.4 Å². The van der Waals surface area contributed by atoms with Crippen molar-refractivity contribution in [1.82, 2.24) is 4.90 Å². The quantitative estimate of drug-likeness (QED) is 0.407. The molecule has 4 nitrogen and oxygen atoms in total. The lowest BCUT2D eigenvalue weighted by atomic mass is 9.51. The molecule has 5 heteroatoms. The molecule has 0 saturated heterocycles. The van der Waals surface area contributed by atoms with Crippen molar-refractivity contribution in [2.45, 2.75) is 90.0 Å². The van der Waals surface area contributed by atoms with Gasteiger partial charge in [0.15, 0.2) is 0 Å². The Kier molecular flexibility index (Phi) is 7.63. The first kappa shape index (κ1) is 26.2. The van der Waals surface area contributed by atoms with Crippen molar-refractivity contribution >= 4 is 5.91 Å². The molecule has 2 aromatic carbocycles. The minimum atomic E-state index is -0.978. The van der Waals surface area contributed by atoms with Gasteiger partial charge in [-0.05, 0) is 90.5 Å². The number of unbranched alkanes of at least 4 members (excludes halogenated alkanes) is 1. The van der Waals surface area contributed by atoms with E-state index in [0.717, 1.165) is 61.8 Å². The number of aliphatic hydroxyl groups is 1. The van der Waals surface area contributed by atoms with Crippen LogP contribution in [0.25, 0.3) is 0 Å². The summed E-state index contributed by atoms with van der Waals surface area (Å²) >= 11 is 0. The van der Waals surface area contributed by atoms with Gasteiger partial charge in [0.05, 0.1) is 6.10 Å². The van der Waals surface area contributed by atoms with E-state index in [2.05, 4.69) is 19.1 Å². The minimum absolute atomic E-state index is 0.158. The Morgan fingerprint density at radius 2 is 1.92 bits per heavy atom. The standard InChI is InChI=1S/C32H42FNO3/c1-3-29(37)34(20-21-9-5-4-6-10-21)16-8-7-11-22-17-23-18-24(35)12-13-25(23)31-27(33)19-32(2)26(30(22)31)14-15-28(32)36/h4-6,9-10,12-13,18,22,26-28,30-31,35-36H,3,7-8,11,14-17,19-20H2,1-2H3/t22?,26?,27?,28?,30?,31?,32-/m0/s1. The predicted molar refractivity (Wildman–Crippen MR) is 144 cm³/mol. The highest BCUT2D eigenvalue weighted by Crippen LogP contribution is 2.63. The second kappa shape index (κ2) is 10.8. The third-order valence-corrected chi connectivity index (χ3v) is 9.90. The maximum absolute atomic E-state index is 15.9. The molecule has 0 aliphatic heterocycles. The van der Waals surface area contributed by atoms with Crippen LogP contribution in [0.1, 0.15) is 81.4 Å². The summed E-state index contributed by atoms with van der Waals surface area (Å²) in [6.07, 6.45) is 4.97. The summed E-state index contributed by atoms with van der Waals surface area (Å²) in [7, 11) is 0. The zero-order valence-electron chi connectivity index (χ0n) is 22.3. The molecular formula is C32H42FNO3. The molecule has 200 valence electrons. The van der Waals surface area contributed by atoms with Crippen LogP contribution in [0.5, 0.6) is 5.75 Å². The van der Waals surface area contributed by atoms with E-state index in [4.69, 9.17) is 0 Å². The summed E-state index contributed by atoms with van der Waals surface area (Å²) in [5.41, 5.74) is 2.94. The normalized spacial score (nSPS) is 32.3. The molecular weight excluding hydrogens is 465 g/mol. The number of amides is 1. The van der Waals surface area contributed by atoms with Crippen molar-refractivity contribution in [2.24, 2.45) is 23.2 Å². The van der Waals surface area contributed by atoms with Gasteiger partial charge in [-0.3, -0.25) is 4.79 Å². The third kappa shape index (κ3) is 5.04. The fraction of sp³-hybridized carbons (Fsp3) is 0.594. The number of aliphatic hydroxyl groups excluding tert-OH is 1. The molecule has 0 spiro atoms. The summed E-state index contributed by atoms with van der Waals surface area (Å²) in [4.78, 5) is 14.6. The van der Waals surface area contributed by atoms with Crippen LogP contribution in [0.2, 0.25) is 0 Å². The molecule has 6 unspecified atom stereocenters. The fourth-order valence-corrected chi connectivity index (χ4v) is 8.06. The van der Waals surface area contributed by atoms with Gasteiger partial charge >= 0.3 is 0 Å². The lowest BCUT2D eigenvalue weighted by molar-refractivity contribution is -0.131. The highest BCUT2D eigenvalue weighted by molar-refractivity contribution is 5.75. The van der Waals surface area contributed by atoms with Crippen LogP contribution in [-0.4, -0.2) is 39.8 Å². The van der Waals surface area contributed by atoms with Crippen LogP contribution in [0, 0.1) is 23.2 Å². The number of rotatable bonds is 8. The average molecular weight is 508 g/mol. The Labute approximate surface area is 220 Å². The summed E-state index contributed by atoms with van der Waals surface area (Å²) in [6, 6.07) is 15.6. The van der Waals surface area contributed by atoms with Crippen LogP contribution in [0.4, 0.5) is 4.39 Å². The molecule has 2 aromatic rings. The van der Waals surface area contributed by atoms with E-state index < -0.39 is 12.3 Å². The first-order valence-corrected chi connectivity index (χ1v) is 14.3. The monoisotopic (exact) mass is 507 g/mol. The highest BCUT2D eigenvalue weighted by Gasteiger charge is 2.59. The molecule has 1 amide bonds. The van der Waals surface area contributed by atoms with Crippen molar-refractivity contribution in [2.75, 3.05) is 6.54 Å². The van der Waals surface area contributed by atoms with Crippen molar-refractivity contribution in [1.29, 1.82) is 0 Å². The maximum Gasteiger partial charge on any atom is 0.222 e. The number of hydrogen-bond donors (Lipinski definition) is 2. The Balaban J connectivity index is 1.31. The van der Waals surface area contributed by atoms with Gasteiger partial charge in [0.25, 0.3) is 0 Å². The predicted octanol–water partition coefficient (Wildman–Crippen LogP) is 6.39. The van der Waals surface area contributed by atoms with Gasteiger partial charge in [-0.1, -0.05) is 56.7 Å². The van der Waals surface area contributed by atoms with Crippen LogP contribution < -0.4 is 0 Å². The number of hydrogen-bond acceptors (Lipinski definition) is 3. The molecule has 0 aromatic heterocycles. The SMILES string of the molecule is CCC(=O)N(CCCCC1Cc2cc(O)ccc2C2C(F)C[C@]3(C)C(O)CCC3C12)Cc1ccccc1. The van der Waals surface area contributed by atoms with E-state index in [1.165, 1.54) is 0 Å². The second-order valence-corrected chi connectivity index (χ2v) is 12.0. The first-order valence-electron chi connectivity index (χ1n) is 14.3. The molecule has 0 bridgehead atoms. The number of benzene rings is 2. The largest absolute Gasteiger partial charge is 0.508 e. The Morgan fingerprint density at radius 3 is 2.68 bits per heavy atom. The molecule has 3 aliphatic rings. The van der Waals surface area contributed by atoms with E-state index in [1.807, 2.05) is 42.2 Å². The number of nitrogens with zero attached hydrogens (tertiary/aromatic N) is 1. The van der Waals surface area contributed by atoms with E-state index in [-0.39, 0.29) is 28.9 Å². The van der Waals surface area contributed by atoms with Crippen molar-refractivity contribution in [3.63, 3.8) is 0 Å². The second-order valence-electron chi connectivity index (χ2n) is 12.0. The van der Waals surface area contributed by atoms with Crippen molar-refractivity contribution in [3.05, 3.63) is 65.2 Å². The zero-order chi connectivity index (χ0) is 26.2. The number of phenolic OH excluding ortho intramolecular Hbond substituents is 1. The molecule has 0 heterocycles. The lowest BCUT2D eigenvalue weighted by Gasteiger charge is -2.54. The number of halogens is 1. The molecule has 2 N–H and O–H groups in total. The highest BCUT2D eigenvalue weighted by atomic mass is 19.1. The average Bonchev–Trinajstić information content (AvgIpc) is 3.18. The number of fused-ring (bicyclic) bond motifs is 5. The Morgan fingerprint density at radius 1 is 1.14 bits per heavy atom. The van der Waals surface area contributed by atoms with Crippen LogP contribution in [0.15, 0.2) is 48.5 Å². The summed E-state index contributed by atoms with van der Waals surface area (Å²) in [5.74, 6) is 1.11. The number of carbonyl (C=O) groups is 1. The molecule has 3 aliphatic carbocycles. The van der Waals surface area contributed by atoms with Gasteiger partial charge in [-0.25, -0.2) is 4.39 Å². The molecule has 0 radical (unpaired) electrons. The van der Waals surface area contributed by atoms with Gasteiger partial charge in [-0.2, -0.15) is 0 Å². The van der Waals surface area contributed by atoms with Crippen LogP contribution >= 0.6 is 0 Å². The van der Waals surface area contributed by atoms with Crippen molar-refractivity contribution in [3.8, 4) is 5.75 Å². The number of aromatic hydroxyl groups is 1. The smallest absolute Gasteiger partial charge is 0.222 e. The van der Waals surface area contributed by atoms with Crippen molar-refractivity contribution < 1.29 is 19.4 Å². The van der Waals surface area contributed by atoms with Gasteiger partial charge in [0.2, 0.25) is 5.91 Å². The summed E-state index contributed by atoms with van der Waals surface area (Å²) in [5, 5.41) is 21.0. The summed E-state index contributed by atoms with van der Waals surface area (Å²) in [6.45, 7) is 5.39. The maximum atomic E-state index is 15.9. The van der Waals surface area contributed by atoms with E-state index in [1.54, 1.807) is 6.07 Å². The first-order chi connectivity index (χ1) is 17.8. The molecule has 7 atom stereocenters.